The van der Waals surface area contributed by atoms with Crippen LogP contribution in [0.4, 0.5) is 0 Å². The number of hydrogen-bond acceptors (Lipinski definition) is 8. The molecular weight excluding hydrogens is 378 g/mol. The van der Waals surface area contributed by atoms with Gasteiger partial charge in [-0.25, -0.2) is 0 Å². The Balaban J connectivity index is 1.99. The van der Waals surface area contributed by atoms with E-state index in [0.717, 1.165) is 11.8 Å². The van der Waals surface area contributed by atoms with Gasteiger partial charge < -0.3 is 19.7 Å². The summed E-state index contributed by atoms with van der Waals surface area (Å²) in [5.41, 5.74) is 9.57. The van der Waals surface area contributed by atoms with Gasteiger partial charge in [-0.1, -0.05) is 35.4 Å². The van der Waals surface area contributed by atoms with Gasteiger partial charge in [0.1, 0.15) is 6.10 Å². The lowest BCUT2D eigenvalue weighted by atomic mass is 9.94. The summed E-state index contributed by atoms with van der Waals surface area (Å²) in [6.45, 7) is 0.0846. The van der Waals surface area contributed by atoms with E-state index in [2.05, 4.69) is 14.2 Å². The average Bonchev–Trinajstić information content (AvgIpc) is 2.63. The van der Waals surface area contributed by atoms with Crippen molar-refractivity contribution in [3.63, 3.8) is 0 Å². The van der Waals surface area contributed by atoms with E-state index < -0.39 is 40.8 Å². The highest BCUT2D eigenvalue weighted by Gasteiger charge is 2.44. The lowest BCUT2D eigenvalue weighted by Gasteiger charge is -2.40. The van der Waals surface area contributed by atoms with Gasteiger partial charge in [0.15, 0.2) is 6.29 Å². The minimum atomic E-state index is -3.56. The molecule has 2 N–H and O–H groups in total. The van der Waals surface area contributed by atoms with Crippen molar-refractivity contribution in [2.24, 2.45) is 5.11 Å². The second-order valence-electron chi connectivity index (χ2n) is 6.18. The molecule has 11 heteroatoms. The van der Waals surface area contributed by atoms with Crippen LogP contribution < -0.4 is 0 Å². The van der Waals surface area contributed by atoms with Crippen LogP contribution in [-0.4, -0.2) is 62.1 Å². The zero-order chi connectivity index (χ0) is 19.9. The van der Waals surface area contributed by atoms with Gasteiger partial charge in [-0.3, -0.25) is 4.18 Å². The maximum absolute atomic E-state index is 11.0. The molecule has 1 aliphatic heterocycles. The summed E-state index contributed by atoms with van der Waals surface area (Å²) in [5, 5.41) is 24.0. The normalized spacial score (nSPS) is 28.5. The molecule has 1 fully saturated rings. The van der Waals surface area contributed by atoms with Crippen molar-refractivity contribution in [3.8, 4) is 0 Å². The van der Waals surface area contributed by atoms with Crippen LogP contribution in [-0.2, 0) is 30.4 Å². The zero-order valence-corrected chi connectivity index (χ0v) is 15.6. The number of nitrogens with zero attached hydrogens (tertiary/aromatic N) is 3. The fraction of sp³-hybridized carbons (Fsp3) is 0.625. The number of benzene rings is 1. The molecule has 0 radical (unpaired) electrons. The molecule has 0 saturated carbocycles. The number of rotatable bonds is 9. The summed E-state index contributed by atoms with van der Waals surface area (Å²) >= 11 is 0. The van der Waals surface area contributed by atoms with Crippen molar-refractivity contribution >= 4 is 10.1 Å². The number of azide groups is 1. The number of aliphatic hydroxyl groups is 2. The number of aliphatic hydroxyl groups excluding tert-OH is 2. The summed E-state index contributed by atoms with van der Waals surface area (Å²) in [5.74, 6) is 0. The second-order valence-corrected chi connectivity index (χ2v) is 7.83. The van der Waals surface area contributed by atoms with Gasteiger partial charge in [-0.05, 0) is 23.9 Å². The molecule has 1 heterocycles. The highest BCUT2D eigenvalue weighted by Crippen LogP contribution is 2.28. The fourth-order valence-corrected chi connectivity index (χ4v) is 3.16. The van der Waals surface area contributed by atoms with Crippen molar-refractivity contribution in [2.75, 3.05) is 12.9 Å². The summed E-state index contributed by atoms with van der Waals surface area (Å²) < 4.78 is 37.9. The molecule has 2 rings (SSSR count). The summed E-state index contributed by atoms with van der Waals surface area (Å²) in [6.07, 6.45) is -3.18. The maximum Gasteiger partial charge on any atom is 0.264 e. The molecule has 27 heavy (non-hydrogen) atoms. The van der Waals surface area contributed by atoms with E-state index in [9.17, 15) is 18.6 Å². The Morgan fingerprint density at radius 2 is 1.96 bits per heavy atom. The van der Waals surface area contributed by atoms with Crippen molar-refractivity contribution in [3.05, 3.63) is 46.3 Å². The first-order valence-electron chi connectivity index (χ1n) is 8.37. The summed E-state index contributed by atoms with van der Waals surface area (Å²) in [7, 11) is -3.56. The van der Waals surface area contributed by atoms with Crippen LogP contribution in [0.3, 0.4) is 0 Å². The Morgan fingerprint density at radius 3 is 2.59 bits per heavy atom. The van der Waals surface area contributed by atoms with Crippen molar-refractivity contribution in [2.45, 2.75) is 50.1 Å². The highest BCUT2D eigenvalue weighted by atomic mass is 32.2. The average molecular weight is 401 g/mol. The predicted octanol–water partition coefficient (Wildman–Crippen LogP) is 1.09. The fourth-order valence-electron chi connectivity index (χ4n) is 2.74. The molecule has 1 aromatic rings. The molecule has 1 aliphatic rings. The molecular formula is C16H23N3O7S. The molecule has 0 bridgehead atoms. The lowest BCUT2D eigenvalue weighted by molar-refractivity contribution is -0.277. The Hall–Kier alpha value is -1.72. The Bertz CT molecular complexity index is 740. The monoisotopic (exact) mass is 401 g/mol. The number of hydrogen-bond donors (Lipinski definition) is 2. The van der Waals surface area contributed by atoms with Crippen LogP contribution in [0.15, 0.2) is 35.4 Å². The van der Waals surface area contributed by atoms with E-state index in [4.69, 9.17) is 15.0 Å². The van der Waals surface area contributed by atoms with Crippen molar-refractivity contribution < 1.29 is 32.3 Å². The van der Waals surface area contributed by atoms with Crippen LogP contribution >= 0.6 is 0 Å². The van der Waals surface area contributed by atoms with E-state index in [1.165, 1.54) is 0 Å². The molecule has 0 amide bonds. The molecule has 1 aromatic carbocycles. The van der Waals surface area contributed by atoms with Crippen LogP contribution in [0.1, 0.15) is 18.4 Å². The first kappa shape index (κ1) is 21.6. The van der Waals surface area contributed by atoms with Gasteiger partial charge in [0, 0.05) is 4.91 Å². The third-order valence-corrected chi connectivity index (χ3v) is 4.64. The molecule has 1 saturated heterocycles. The molecule has 0 aromatic heterocycles. The van der Waals surface area contributed by atoms with Crippen LogP contribution in [0.5, 0.6) is 0 Å². The molecule has 10 nitrogen and oxygen atoms in total. The Labute approximate surface area is 157 Å². The predicted molar refractivity (Wildman–Crippen MR) is 94.9 cm³/mol. The largest absolute Gasteiger partial charge is 0.390 e. The second kappa shape index (κ2) is 10.00. The molecule has 0 aliphatic carbocycles. The van der Waals surface area contributed by atoms with Gasteiger partial charge in [0.05, 0.1) is 37.7 Å². The van der Waals surface area contributed by atoms with E-state index in [-0.39, 0.29) is 26.1 Å². The Kier molecular flexibility index (Phi) is 7.99. The van der Waals surface area contributed by atoms with Crippen molar-refractivity contribution in [1.29, 1.82) is 0 Å². The summed E-state index contributed by atoms with van der Waals surface area (Å²) in [4.78, 5) is 2.69. The van der Waals surface area contributed by atoms with E-state index in [0.29, 0.717) is 0 Å². The van der Waals surface area contributed by atoms with Crippen LogP contribution in [0.25, 0.3) is 10.4 Å². The van der Waals surface area contributed by atoms with Crippen molar-refractivity contribution in [1.82, 2.24) is 0 Å². The topological polar surface area (TPSA) is 151 Å². The van der Waals surface area contributed by atoms with Gasteiger partial charge in [-0.15, -0.1) is 0 Å². The standard InChI is InChI=1S/C16H23N3O7S/c1-27(22,23)25-9-5-8-12-13(18-19-17)14(20)15(21)16(26-12)24-10-11-6-3-2-4-7-11/h2-4,6-7,12-16,20-21H,5,8-10H2,1H3/t12-,13-,14+,15+,16+/m0/s1. The SMILES string of the molecule is CS(=O)(=O)OCCC[C@@H]1O[C@@H](OCc2ccccc2)[C@H](O)[C@H](O)[C@H]1N=[N+]=[N-]. The summed E-state index contributed by atoms with van der Waals surface area (Å²) in [6, 6.07) is 8.20. The van der Waals surface area contributed by atoms with E-state index in [1.54, 1.807) is 0 Å². The smallest absolute Gasteiger partial charge is 0.264 e. The molecule has 0 spiro atoms. The van der Waals surface area contributed by atoms with Crippen LogP contribution in [0.2, 0.25) is 0 Å². The minimum absolute atomic E-state index is 0.0735. The van der Waals surface area contributed by atoms with Gasteiger partial charge >= 0.3 is 0 Å². The molecule has 0 unspecified atom stereocenters. The third-order valence-electron chi connectivity index (χ3n) is 4.04. The maximum atomic E-state index is 11.0. The van der Waals surface area contributed by atoms with Gasteiger partial charge in [0.2, 0.25) is 0 Å². The van der Waals surface area contributed by atoms with Gasteiger partial charge in [-0.2, -0.15) is 8.42 Å². The zero-order valence-electron chi connectivity index (χ0n) is 14.8. The quantitative estimate of drug-likeness (QED) is 0.206. The Morgan fingerprint density at radius 1 is 1.26 bits per heavy atom. The number of ether oxygens (including phenoxy) is 2. The highest BCUT2D eigenvalue weighted by molar-refractivity contribution is 7.85. The van der Waals surface area contributed by atoms with Gasteiger partial charge in [0.25, 0.3) is 10.1 Å². The van der Waals surface area contributed by atoms with E-state index in [1.807, 2.05) is 30.3 Å². The first-order chi connectivity index (χ1) is 12.8. The van der Waals surface area contributed by atoms with E-state index >= 15 is 0 Å². The van der Waals surface area contributed by atoms with Crippen LogP contribution in [0, 0.1) is 0 Å². The third kappa shape index (κ3) is 6.74. The first-order valence-corrected chi connectivity index (χ1v) is 10.2. The molecule has 5 atom stereocenters. The molecule has 150 valence electrons. The minimum Gasteiger partial charge on any atom is -0.390 e. The lowest BCUT2D eigenvalue weighted by Crippen LogP contribution is -2.57.